The Morgan fingerprint density at radius 3 is 2.57 bits per heavy atom. The van der Waals surface area contributed by atoms with E-state index in [9.17, 15) is 4.79 Å². The van der Waals surface area contributed by atoms with Gasteiger partial charge in [0.2, 0.25) is 0 Å². The van der Waals surface area contributed by atoms with Gasteiger partial charge in [0.15, 0.2) is 5.76 Å². The molecule has 0 saturated heterocycles. The maximum atomic E-state index is 11.6. The predicted octanol–water partition coefficient (Wildman–Crippen LogP) is 2.44. The number of carbonyl (C=O) groups is 1. The Kier molecular flexibility index (Phi) is 2.99. The summed E-state index contributed by atoms with van der Waals surface area (Å²) in [6, 6.07) is 3.47. The molecule has 0 fully saturated rings. The van der Waals surface area contributed by atoms with Crippen LogP contribution < -0.4 is 5.32 Å². The summed E-state index contributed by atoms with van der Waals surface area (Å²) >= 11 is 0. The van der Waals surface area contributed by atoms with Crippen LogP contribution in [0.1, 0.15) is 38.2 Å². The Labute approximate surface area is 84.5 Å². The summed E-state index contributed by atoms with van der Waals surface area (Å²) in [6.07, 6.45) is 1.50. The van der Waals surface area contributed by atoms with Crippen LogP contribution in [0.3, 0.4) is 0 Å². The minimum absolute atomic E-state index is 0.0578. The molecule has 1 atom stereocenters. The summed E-state index contributed by atoms with van der Waals surface area (Å²) < 4.78 is 5.00. The van der Waals surface area contributed by atoms with Crippen LogP contribution in [0.15, 0.2) is 22.8 Å². The van der Waals surface area contributed by atoms with E-state index < -0.39 is 0 Å². The van der Waals surface area contributed by atoms with E-state index in [0.29, 0.717) is 5.76 Å². The van der Waals surface area contributed by atoms with E-state index in [1.54, 1.807) is 12.1 Å². The van der Waals surface area contributed by atoms with Crippen molar-refractivity contribution in [3.63, 3.8) is 0 Å². The summed E-state index contributed by atoms with van der Waals surface area (Å²) in [5.74, 6) is 0.207. The molecule has 0 spiro atoms. The highest BCUT2D eigenvalue weighted by atomic mass is 16.3. The molecule has 1 aromatic heterocycles. The SMILES string of the molecule is CC(NC(=O)c1ccco1)C(C)(C)C. The van der Waals surface area contributed by atoms with Gasteiger partial charge in [-0.25, -0.2) is 0 Å². The highest BCUT2D eigenvalue weighted by Gasteiger charge is 2.22. The molecule has 0 aromatic carbocycles. The van der Waals surface area contributed by atoms with Crippen molar-refractivity contribution in [2.75, 3.05) is 0 Å². The first-order valence-electron chi connectivity index (χ1n) is 4.75. The lowest BCUT2D eigenvalue weighted by Gasteiger charge is -2.27. The van der Waals surface area contributed by atoms with Gasteiger partial charge in [-0.15, -0.1) is 0 Å². The van der Waals surface area contributed by atoms with Gasteiger partial charge in [-0.05, 0) is 24.5 Å². The summed E-state index contributed by atoms with van der Waals surface area (Å²) in [5, 5.41) is 2.89. The van der Waals surface area contributed by atoms with Crippen molar-refractivity contribution in [2.24, 2.45) is 5.41 Å². The molecule has 1 heterocycles. The Hall–Kier alpha value is -1.25. The van der Waals surface area contributed by atoms with Crippen molar-refractivity contribution in [2.45, 2.75) is 33.7 Å². The third-order valence-electron chi connectivity index (χ3n) is 2.39. The second-order valence-electron chi connectivity index (χ2n) is 4.54. The van der Waals surface area contributed by atoms with Crippen LogP contribution in [-0.4, -0.2) is 11.9 Å². The molecule has 1 amide bonds. The molecule has 1 aromatic rings. The lowest BCUT2D eigenvalue weighted by Crippen LogP contribution is -2.41. The van der Waals surface area contributed by atoms with E-state index >= 15 is 0 Å². The van der Waals surface area contributed by atoms with Crippen molar-refractivity contribution in [1.29, 1.82) is 0 Å². The smallest absolute Gasteiger partial charge is 0.287 e. The molecule has 0 aliphatic rings. The largest absolute Gasteiger partial charge is 0.459 e. The van der Waals surface area contributed by atoms with Gasteiger partial charge in [0.05, 0.1) is 6.26 Å². The molecule has 0 saturated carbocycles. The van der Waals surface area contributed by atoms with Gasteiger partial charge in [-0.3, -0.25) is 4.79 Å². The zero-order valence-electron chi connectivity index (χ0n) is 9.13. The quantitative estimate of drug-likeness (QED) is 0.787. The fraction of sp³-hybridized carbons (Fsp3) is 0.545. The van der Waals surface area contributed by atoms with Gasteiger partial charge in [0.1, 0.15) is 0 Å². The average Bonchev–Trinajstić information content (AvgIpc) is 2.53. The first kappa shape index (κ1) is 10.8. The molecule has 0 bridgehead atoms. The second kappa shape index (κ2) is 3.86. The molecule has 0 aliphatic carbocycles. The van der Waals surface area contributed by atoms with Crippen LogP contribution >= 0.6 is 0 Å². The molecule has 1 unspecified atom stereocenters. The first-order valence-corrected chi connectivity index (χ1v) is 4.75. The fourth-order valence-corrected chi connectivity index (χ4v) is 0.892. The minimum Gasteiger partial charge on any atom is -0.459 e. The topological polar surface area (TPSA) is 42.2 Å². The lowest BCUT2D eigenvalue weighted by atomic mass is 9.88. The van der Waals surface area contributed by atoms with E-state index in [2.05, 4.69) is 26.1 Å². The normalized spacial score (nSPS) is 13.7. The van der Waals surface area contributed by atoms with Gasteiger partial charge in [-0.1, -0.05) is 20.8 Å². The lowest BCUT2D eigenvalue weighted by molar-refractivity contribution is 0.0882. The van der Waals surface area contributed by atoms with Gasteiger partial charge < -0.3 is 9.73 Å². The summed E-state index contributed by atoms with van der Waals surface area (Å²) in [6.45, 7) is 8.24. The van der Waals surface area contributed by atoms with Crippen LogP contribution in [0, 0.1) is 5.41 Å². The zero-order chi connectivity index (χ0) is 10.8. The van der Waals surface area contributed by atoms with E-state index in [1.165, 1.54) is 6.26 Å². The predicted molar refractivity (Wildman–Crippen MR) is 55.1 cm³/mol. The Morgan fingerprint density at radius 2 is 2.14 bits per heavy atom. The molecule has 3 nitrogen and oxygen atoms in total. The molecule has 1 N–H and O–H groups in total. The van der Waals surface area contributed by atoms with Gasteiger partial charge >= 0.3 is 0 Å². The molecular weight excluding hydrogens is 178 g/mol. The van der Waals surface area contributed by atoms with Crippen molar-refractivity contribution >= 4 is 5.91 Å². The van der Waals surface area contributed by atoms with Crippen LogP contribution in [0.5, 0.6) is 0 Å². The number of nitrogens with one attached hydrogen (secondary N) is 1. The molecular formula is C11H17NO2. The van der Waals surface area contributed by atoms with Crippen molar-refractivity contribution in [3.8, 4) is 0 Å². The third-order valence-corrected chi connectivity index (χ3v) is 2.39. The van der Waals surface area contributed by atoms with E-state index in [-0.39, 0.29) is 17.4 Å². The minimum atomic E-state index is -0.155. The van der Waals surface area contributed by atoms with Gasteiger partial charge in [0, 0.05) is 6.04 Å². The van der Waals surface area contributed by atoms with Crippen LogP contribution in [-0.2, 0) is 0 Å². The molecule has 14 heavy (non-hydrogen) atoms. The number of hydrogen-bond donors (Lipinski definition) is 1. The number of carbonyl (C=O) groups excluding carboxylic acids is 1. The molecule has 78 valence electrons. The first-order chi connectivity index (χ1) is 6.41. The van der Waals surface area contributed by atoms with E-state index in [0.717, 1.165) is 0 Å². The van der Waals surface area contributed by atoms with Crippen molar-refractivity contribution < 1.29 is 9.21 Å². The number of amides is 1. The van der Waals surface area contributed by atoms with Gasteiger partial charge in [-0.2, -0.15) is 0 Å². The zero-order valence-corrected chi connectivity index (χ0v) is 9.13. The van der Waals surface area contributed by atoms with Gasteiger partial charge in [0.25, 0.3) is 5.91 Å². The summed E-state index contributed by atoms with van der Waals surface area (Å²) in [4.78, 5) is 11.6. The third kappa shape index (κ3) is 2.62. The number of hydrogen-bond acceptors (Lipinski definition) is 2. The second-order valence-corrected chi connectivity index (χ2v) is 4.54. The fourth-order valence-electron chi connectivity index (χ4n) is 0.892. The van der Waals surface area contributed by atoms with E-state index in [4.69, 9.17) is 4.42 Å². The number of furan rings is 1. The maximum Gasteiger partial charge on any atom is 0.287 e. The Bertz CT molecular complexity index is 296. The monoisotopic (exact) mass is 195 g/mol. The number of rotatable bonds is 2. The molecule has 0 aliphatic heterocycles. The summed E-state index contributed by atoms with van der Waals surface area (Å²) in [7, 11) is 0. The van der Waals surface area contributed by atoms with Crippen molar-refractivity contribution in [1.82, 2.24) is 5.32 Å². The molecule has 1 rings (SSSR count). The molecule has 3 heteroatoms. The van der Waals surface area contributed by atoms with Crippen LogP contribution in [0.2, 0.25) is 0 Å². The highest BCUT2D eigenvalue weighted by Crippen LogP contribution is 2.18. The standard InChI is InChI=1S/C11H17NO2/c1-8(11(2,3)4)12-10(13)9-6-5-7-14-9/h5-8H,1-4H3,(H,12,13). The maximum absolute atomic E-state index is 11.6. The summed E-state index contributed by atoms with van der Waals surface area (Å²) in [5.41, 5.74) is 0.0578. The van der Waals surface area contributed by atoms with Crippen LogP contribution in [0.25, 0.3) is 0 Å². The van der Waals surface area contributed by atoms with E-state index in [1.807, 2.05) is 6.92 Å². The Morgan fingerprint density at radius 1 is 1.50 bits per heavy atom. The highest BCUT2D eigenvalue weighted by molar-refractivity contribution is 5.91. The van der Waals surface area contributed by atoms with Crippen LogP contribution in [0.4, 0.5) is 0 Å². The Balaban J connectivity index is 2.58. The molecule has 0 radical (unpaired) electrons. The average molecular weight is 195 g/mol. The van der Waals surface area contributed by atoms with Crippen molar-refractivity contribution in [3.05, 3.63) is 24.2 Å².